The van der Waals surface area contributed by atoms with E-state index >= 15 is 0 Å². The van der Waals surface area contributed by atoms with Gasteiger partial charge in [0.1, 0.15) is 11.3 Å². The highest BCUT2D eigenvalue weighted by Gasteiger charge is 2.42. The number of ether oxygens (including phenoxy) is 1. The highest BCUT2D eigenvalue weighted by atomic mass is 35.5. The average Bonchev–Trinajstić information content (AvgIpc) is 3.22. The maximum atomic E-state index is 13.1. The molecular weight excluding hydrogens is 409 g/mol. The van der Waals surface area contributed by atoms with E-state index in [-0.39, 0.29) is 30.1 Å². The van der Waals surface area contributed by atoms with Crippen molar-refractivity contribution < 1.29 is 22.7 Å². The van der Waals surface area contributed by atoms with Gasteiger partial charge in [-0.2, -0.15) is 18.3 Å². The summed E-state index contributed by atoms with van der Waals surface area (Å²) < 4.78 is 43.1. The minimum Gasteiger partial charge on any atom is -0.484 e. The molecule has 1 aliphatic heterocycles. The lowest BCUT2D eigenvalue weighted by atomic mass is 9.87. The molecular formula is C19H24ClF3N4O2. The van der Waals surface area contributed by atoms with Crippen molar-refractivity contribution in [2.24, 2.45) is 0 Å². The van der Waals surface area contributed by atoms with Gasteiger partial charge in [-0.05, 0) is 56.6 Å². The van der Waals surface area contributed by atoms with Crippen molar-refractivity contribution >= 4 is 18.3 Å². The van der Waals surface area contributed by atoms with Crippen LogP contribution in [0.5, 0.6) is 5.75 Å². The Kier molecular flexibility index (Phi) is 7.54. The molecule has 1 saturated heterocycles. The van der Waals surface area contributed by atoms with Crippen LogP contribution < -0.4 is 15.4 Å². The molecule has 0 radical (unpaired) electrons. The lowest BCUT2D eigenvalue weighted by Gasteiger charge is -2.37. The van der Waals surface area contributed by atoms with Crippen molar-refractivity contribution in [1.29, 1.82) is 0 Å². The number of nitrogens with one attached hydrogen (secondary N) is 2. The molecule has 6 nitrogen and oxygen atoms in total. The van der Waals surface area contributed by atoms with Gasteiger partial charge in [0.25, 0.3) is 0 Å². The van der Waals surface area contributed by atoms with Crippen molar-refractivity contribution in [3.8, 4) is 5.75 Å². The number of hydrogen-bond donors (Lipinski definition) is 2. The second-order valence-electron chi connectivity index (χ2n) is 6.90. The number of carbonyl (C=O) groups is 1. The Morgan fingerprint density at radius 1 is 1.31 bits per heavy atom. The Labute approximate surface area is 173 Å². The summed E-state index contributed by atoms with van der Waals surface area (Å²) in [6.07, 6.45) is 0.313. The predicted molar refractivity (Wildman–Crippen MR) is 104 cm³/mol. The SMILES string of the molecule is CC(NC(=O)C1(n2cccn2)CCNCC1)c1ccc(OCC(F)(F)F)cc1.Cl. The molecule has 2 aromatic rings. The van der Waals surface area contributed by atoms with Crippen LogP contribution in [0.1, 0.15) is 31.4 Å². The fraction of sp³-hybridized carbons (Fsp3) is 0.474. The van der Waals surface area contributed by atoms with E-state index in [1.54, 1.807) is 35.3 Å². The maximum absolute atomic E-state index is 13.1. The summed E-state index contributed by atoms with van der Waals surface area (Å²) in [5.41, 5.74) is 0.0240. The molecule has 0 aliphatic carbocycles. The maximum Gasteiger partial charge on any atom is 0.422 e. The molecule has 0 bridgehead atoms. The fourth-order valence-corrected chi connectivity index (χ4v) is 3.35. The van der Waals surface area contributed by atoms with Crippen molar-refractivity contribution in [3.05, 3.63) is 48.3 Å². The topological polar surface area (TPSA) is 68.2 Å². The minimum atomic E-state index is -4.38. The number of rotatable bonds is 6. The van der Waals surface area contributed by atoms with E-state index in [0.717, 1.165) is 5.56 Å². The molecule has 1 unspecified atom stereocenters. The number of hydrogen-bond acceptors (Lipinski definition) is 4. The fourth-order valence-electron chi connectivity index (χ4n) is 3.35. The summed E-state index contributed by atoms with van der Waals surface area (Å²) in [6, 6.07) is 7.72. The first-order valence-electron chi connectivity index (χ1n) is 9.11. The van der Waals surface area contributed by atoms with Crippen LogP contribution in [0.25, 0.3) is 0 Å². The molecule has 1 fully saturated rings. The van der Waals surface area contributed by atoms with E-state index in [1.165, 1.54) is 12.1 Å². The van der Waals surface area contributed by atoms with Gasteiger partial charge >= 0.3 is 6.18 Å². The Morgan fingerprint density at radius 2 is 1.97 bits per heavy atom. The van der Waals surface area contributed by atoms with E-state index in [0.29, 0.717) is 25.9 Å². The number of aromatic nitrogens is 2. The molecule has 2 heterocycles. The Hall–Kier alpha value is -2.26. The highest BCUT2D eigenvalue weighted by Crippen LogP contribution is 2.29. The first-order valence-corrected chi connectivity index (χ1v) is 9.11. The third-order valence-electron chi connectivity index (χ3n) is 4.93. The molecule has 0 spiro atoms. The third-order valence-corrected chi connectivity index (χ3v) is 4.93. The zero-order chi connectivity index (χ0) is 20.2. The molecule has 1 aliphatic rings. The van der Waals surface area contributed by atoms with Gasteiger partial charge in [-0.25, -0.2) is 0 Å². The molecule has 1 aromatic carbocycles. The molecule has 1 amide bonds. The summed E-state index contributed by atoms with van der Waals surface area (Å²) in [5, 5.41) is 10.6. The lowest BCUT2D eigenvalue weighted by Crippen LogP contribution is -2.55. The number of carbonyl (C=O) groups excluding carboxylic acids is 1. The van der Waals surface area contributed by atoms with E-state index in [9.17, 15) is 18.0 Å². The van der Waals surface area contributed by atoms with E-state index in [2.05, 4.69) is 15.7 Å². The summed E-state index contributed by atoms with van der Waals surface area (Å²) in [4.78, 5) is 13.1. The molecule has 3 rings (SSSR count). The average molecular weight is 433 g/mol. The van der Waals surface area contributed by atoms with Crippen LogP contribution in [0.4, 0.5) is 13.2 Å². The van der Waals surface area contributed by atoms with Crippen LogP contribution in [0.15, 0.2) is 42.7 Å². The largest absolute Gasteiger partial charge is 0.484 e. The standard InChI is InChI=1S/C19H23F3N4O2.ClH/c1-14(15-3-5-16(6-4-15)28-13-19(20,21)22)25-17(27)18(7-10-23-11-8-18)26-12-2-9-24-26;/h2-6,9,12,14,23H,7-8,10-11,13H2,1H3,(H,25,27);1H. The minimum absolute atomic E-state index is 0. The molecule has 29 heavy (non-hydrogen) atoms. The number of piperidine rings is 1. The van der Waals surface area contributed by atoms with Gasteiger partial charge in [0.05, 0.1) is 6.04 Å². The van der Waals surface area contributed by atoms with Gasteiger partial charge in [-0.3, -0.25) is 9.48 Å². The van der Waals surface area contributed by atoms with Crippen LogP contribution >= 0.6 is 12.4 Å². The van der Waals surface area contributed by atoms with Crippen LogP contribution in [-0.2, 0) is 10.3 Å². The zero-order valence-corrected chi connectivity index (χ0v) is 16.7. The van der Waals surface area contributed by atoms with E-state index in [1.807, 2.05) is 6.92 Å². The second-order valence-corrected chi connectivity index (χ2v) is 6.90. The van der Waals surface area contributed by atoms with Crippen molar-refractivity contribution in [2.75, 3.05) is 19.7 Å². The van der Waals surface area contributed by atoms with Gasteiger partial charge in [0.15, 0.2) is 6.61 Å². The van der Waals surface area contributed by atoms with Gasteiger partial charge in [-0.15, -0.1) is 12.4 Å². The molecule has 160 valence electrons. The van der Waals surface area contributed by atoms with E-state index in [4.69, 9.17) is 4.74 Å². The quantitative estimate of drug-likeness (QED) is 0.735. The van der Waals surface area contributed by atoms with Crippen molar-refractivity contribution in [1.82, 2.24) is 20.4 Å². The molecule has 0 saturated carbocycles. The van der Waals surface area contributed by atoms with Crippen molar-refractivity contribution in [3.63, 3.8) is 0 Å². The lowest BCUT2D eigenvalue weighted by molar-refractivity contribution is -0.153. The van der Waals surface area contributed by atoms with Gasteiger partial charge in [0.2, 0.25) is 5.91 Å². The number of amides is 1. The summed E-state index contributed by atoms with van der Waals surface area (Å²) in [5.74, 6) is 0.00793. The van der Waals surface area contributed by atoms with Crippen LogP contribution in [0.2, 0.25) is 0 Å². The molecule has 2 N–H and O–H groups in total. The predicted octanol–water partition coefficient (Wildman–Crippen LogP) is 3.20. The van der Waals surface area contributed by atoms with Crippen LogP contribution in [-0.4, -0.2) is 41.6 Å². The van der Waals surface area contributed by atoms with Gasteiger partial charge < -0.3 is 15.4 Å². The van der Waals surface area contributed by atoms with E-state index < -0.39 is 18.3 Å². The monoisotopic (exact) mass is 432 g/mol. The highest BCUT2D eigenvalue weighted by molar-refractivity contribution is 5.85. The van der Waals surface area contributed by atoms with Gasteiger partial charge in [-0.1, -0.05) is 12.1 Å². The zero-order valence-electron chi connectivity index (χ0n) is 15.9. The van der Waals surface area contributed by atoms with Crippen LogP contribution in [0.3, 0.4) is 0 Å². The van der Waals surface area contributed by atoms with Crippen molar-refractivity contribution in [2.45, 2.75) is 37.5 Å². The van der Waals surface area contributed by atoms with Gasteiger partial charge in [0, 0.05) is 12.4 Å². The smallest absolute Gasteiger partial charge is 0.422 e. The normalized spacial score (nSPS) is 17.1. The van der Waals surface area contributed by atoms with Crippen LogP contribution in [0, 0.1) is 0 Å². The Balaban J connectivity index is 0.00000300. The Morgan fingerprint density at radius 3 is 2.52 bits per heavy atom. The second kappa shape index (κ2) is 9.49. The number of alkyl halides is 3. The summed E-state index contributed by atoms with van der Waals surface area (Å²) in [7, 11) is 0. The molecule has 1 atom stereocenters. The Bertz CT molecular complexity index is 776. The third kappa shape index (κ3) is 5.63. The first-order chi connectivity index (χ1) is 13.3. The summed E-state index contributed by atoms with van der Waals surface area (Å²) in [6.45, 7) is 1.93. The number of benzene rings is 1. The molecule has 10 heteroatoms. The summed E-state index contributed by atoms with van der Waals surface area (Å²) >= 11 is 0. The first kappa shape index (κ1) is 23.0. The number of nitrogens with zero attached hydrogens (tertiary/aromatic N) is 2. The number of halogens is 4. The molecule has 1 aromatic heterocycles.